The second kappa shape index (κ2) is 15.5. The Morgan fingerprint density at radius 1 is 0.418 bits per heavy atom. The van der Waals surface area contributed by atoms with E-state index in [4.69, 9.17) is 25.5 Å². The molecule has 0 unspecified atom stereocenters. The Morgan fingerprint density at radius 3 is 1.64 bits per heavy atom. The van der Waals surface area contributed by atoms with Crippen LogP contribution in [0.1, 0.15) is 16.7 Å². The van der Waals surface area contributed by atoms with Crippen LogP contribution in [-0.2, 0) is 4.74 Å². The maximum Gasteiger partial charge on any atom is 0.221 e. The van der Waals surface area contributed by atoms with E-state index in [1.54, 1.807) is 12.1 Å². The van der Waals surface area contributed by atoms with Crippen LogP contribution in [0.25, 0.3) is 67.3 Å². The van der Waals surface area contributed by atoms with Gasteiger partial charge in [0.15, 0.2) is 5.82 Å². The third kappa shape index (κ3) is 7.32. The predicted molar refractivity (Wildman–Crippen MR) is 221 cm³/mol. The van der Waals surface area contributed by atoms with Gasteiger partial charge in [-0.1, -0.05) is 146 Å². The van der Waals surface area contributed by atoms with Gasteiger partial charge in [0.05, 0.1) is 23.0 Å². The van der Waals surface area contributed by atoms with Crippen molar-refractivity contribution >= 4 is 11.8 Å². The number of hydrogen-bond acceptors (Lipinski definition) is 6. The summed E-state index contributed by atoms with van der Waals surface area (Å²) in [6.07, 6.45) is 0. The summed E-state index contributed by atoms with van der Waals surface area (Å²) in [6.45, 7) is 0. The predicted octanol–water partition coefficient (Wildman–Crippen LogP) is 11.7. The first-order valence-electron chi connectivity index (χ1n) is 17.8. The lowest BCUT2D eigenvalue weighted by Gasteiger charge is -2.16. The molecule has 260 valence electrons. The Labute approximate surface area is 319 Å². The average Bonchev–Trinajstić information content (AvgIpc) is 3.27. The number of aromatic nitrogens is 2. The number of ether oxygens (including phenoxy) is 1. The van der Waals surface area contributed by atoms with E-state index in [0.717, 1.165) is 61.5 Å². The lowest BCUT2D eigenvalue weighted by Crippen LogP contribution is -2.12. The topological polar surface area (TPSA) is 107 Å². The van der Waals surface area contributed by atoms with E-state index in [-0.39, 0.29) is 11.8 Å². The molecule has 0 bridgehead atoms. The van der Waals surface area contributed by atoms with Gasteiger partial charge in [0, 0.05) is 27.8 Å². The van der Waals surface area contributed by atoms with Crippen molar-refractivity contribution in [3.8, 4) is 73.4 Å². The summed E-state index contributed by atoms with van der Waals surface area (Å²) in [4.78, 5) is 10.3. The van der Waals surface area contributed by atoms with Crippen LogP contribution in [0.2, 0.25) is 0 Å². The van der Waals surface area contributed by atoms with E-state index in [0.29, 0.717) is 22.5 Å². The average molecular weight is 708 g/mol. The van der Waals surface area contributed by atoms with E-state index in [1.807, 2.05) is 152 Å². The molecule has 2 N–H and O–H groups in total. The van der Waals surface area contributed by atoms with Crippen LogP contribution in [-0.4, -0.2) is 21.8 Å². The largest absolute Gasteiger partial charge is 0.421 e. The molecule has 0 spiro atoms. The molecule has 0 atom stereocenters. The molecule has 0 fully saturated rings. The smallest absolute Gasteiger partial charge is 0.221 e. The van der Waals surface area contributed by atoms with Crippen molar-refractivity contribution in [2.24, 2.45) is 0 Å². The van der Waals surface area contributed by atoms with Gasteiger partial charge >= 0.3 is 0 Å². The van der Waals surface area contributed by atoms with Crippen LogP contribution in [0, 0.1) is 22.1 Å². The summed E-state index contributed by atoms with van der Waals surface area (Å²) in [5.74, 6) is 0.391. The molecular formula is C49H33N5O. The van der Waals surface area contributed by atoms with E-state index in [2.05, 4.69) is 30.3 Å². The third-order valence-corrected chi connectivity index (χ3v) is 9.37. The summed E-state index contributed by atoms with van der Waals surface area (Å²) in [5.41, 5.74) is 11.7. The highest BCUT2D eigenvalue weighted by atomic mass is 16.5. The summed E-state index contributed by atoms with van der Waals surface area (Å²) in [7, 11) is 0. The van der Waals surface area contributed by atoms with Gasteiger partial charge in [-0.2, -0.15) is 5.26 Å². The number of rotatable bonds is 8. The highest BCUT2D eigenvalue weighted by Crippen LogP contribution is 2.39. The van der Waals surface area contributed by atoms with E-state index in [9.17, 15) is 5.26 Å². The molecule has 0 aliphatic rings. The minimum atomic E-state index is -0.101. The molecule has 7 aromatic carbocycles. The first-order valence-corrected chi connectivity index (χ1v) is 17.8. The molecule has 8 rings (SSSR count). The molecule has 1 heterocycles. The summed E-state index contributed by atoms with van der Waals surface area (Å²) in [5, 5.41) is 26.9. The van der Waals surface area contributed by atoms with Crippen molar-refractivity contribution in [3.63, 3.8) is 0 Å². The first kappa shape index (κ1) is 34.3. The summed E-state index contributed by atoms with van der Waals surface area (Å²) in [6, 6.07) is 63.3. The summed E-state index contributed by atoms with van der Waals surface area (Å²) < 4.78 is 5.68. The van der Waals surface area contributed by atoms with Crippen molar-refractivity contribution in [1.29, 1.82) is 16.1 Å². The third-order valence-electron chi connectivity index (χ3n) is 9.37. The van der Waals surface area contributed by atoms with Crippen LogP contribution in [0.5, 0.6) is 0 Å². The molecular weight excluding hydrogens is 675 g/mol. The maximum absolute atomic E-state index is 9.81. The lowest BCUT2D eigenvalue weighted by atomic mass is 9.90. The van der Waals surface area contributed by atoms with Gasteiger partial charge < -0.3 is 4.74 Å². The van der Waals surface area contributed by atoms with Gasteiger partial charge in [0.25, 0.3) is 0 Å². The van der Waals surface area contributed by atoms with Crippen LogP contribution < -0.4 is 0 Å². The Morgan fingerprint density at radius 2 is 0.909 bits per heavy atom. The minimum absolute atomic E-state index is 0.0804. The highest BCUT2D eigenvalue weighted by Gasteiger charge is 2.18. The van der Waals surface area contributed by atoms with Gasteiger partial charge in [-0.15, -0.1) is 0 Å². The zero-order chi connectivity index (χ0) is 37.6. The fourth-order valence-corrected chi connectivity index (χ4v) is 6.68. The fraction of sp³-hybridized carbons (Fsp3) is 0. The Hall–Kier alpha value is -7.75. The number of nitrogens with zero attached hydrogens (tertiary/aromatic N) is 3. The van der Waals surface area contributed by atoms with Crippen molar-refractivity contribution in [1.82, 2.24) is 9.97 Å². The Kier molecular flexibility index (Phi) is 9.66. The minimum Gasteiger partial charge on any atom is -0.421 e. The van der Waals surface area contributed by atoms with Crippen molar-refractivity contribution in [3.05, 3.63) is 205 Å². The van der Waals surface area contributed by atoms with E-state index in [1.165, 1.54) is 0 Å². The second-order valence-electron chi connectivity index (χ2n) is 12.9. The Balaban J connectivity index is 1.22. The van der Waals surface area contributed by atoms with Crippen LogP contribution >= 0.6 is 0 Å². The SMILES string of the molecule is N#Cc1ccccc1-c1cccc(-c2nc(-c3ccccc3)cc(-c3ccccc3-c3ccccc3-c3cccc(C(=N)OC(=N)c4ccccc4)c3)n2)c1. The number of nitriles is 1. The van der Waals surface area contributed by atoms with Crippen LogP contribution in [0.3, 0.4) is 0 Å². The van der Waals surface area contributed by atoms with Crippen molar-refractivity contribution in [2.45, 2.75) is 0 Å². The standard InChI is InChI=1S/C49H33N5O/c50-32-39-19-7-8-24-40(39)35-20-14-23-38(30-35)49-53-45(33-15-3-1-4-16-33)31-46(54-49)44-28-12-11-27-43(44)42-26-10-9-25-41(42)36-21-13-22-37(29-36)48(52)55-47(51)34-17-5-2-6-18-34/h1-31,51-52H. The summed E-state index contributed by atoms with van der Waals surface area (Å²) >= 11 is 0. The molecule has 8 aromatic rings. The van der Waals surface area contributed by atoms with Gasteiger partial charge in [0.1, 0.15) is 0 Å². The lowest BCUT2D eigenvalue weighted by molar-refractivity contribution is 0.538. The van der Waals surface area contributed by atoms with Gasteiger partial charge in [-0.25, -0.2) is 9.97 Å². The molecule has 0 saturated heterocycles. The normalized spacial score (nSPS) is 10.7. The van der Waals surface area contributed by atoms with Gasteiger partial charge in [0.2, 0.25) is 11.8 Å². The molecule has 0 aliphatic heterocycles. The molecule has 6 nitrogen and oxygen atoms in total. The van der Waals surface area contributed by atoms with Crippen LogP contribution in [0.15, 0.2) is 188 Å². The monoisotopic (exact) mass is 707 g/mol. The van der Waals surface area contributed by atoms with E-state index < -0.39 is 0 Å². The highest BCUT2D eigenvalue weighted by molar-refractivity contribution is 6.05. The van der Waals surface area contributed by atoms with Gasteiger partial charge in [-0.3, -0.25) is 10.8 Å². The fourth-order valence-electron chi connectivity index (χ4n) is 6.68. The molecule has 6 heteroatoms. The zero-order valence-electron chi connectivity index (χ0n) is 29.6. The molecule has 0 saturated carbocycles. The van der Waals surface area contributed by atoms with Crippen molar-refractivity contribution in [2.75, 3.05) is 0 Å². The number of hydrogen-bond donors (Lipinski definition) is 2. The Bertz CT molecular complexity index is 2730. The van der Waals surface area contributed by atoms with Crippen LogP contribution in [0.4, 0.5) is 0 Å². The molecule has 0 aliphatic carbocycles. The molecule has 0 radical (unpaired) electrons. The number of nitrogens with one attached hydrogen (secondary N) is 2. The molecule has 0 amide bonds. The van der Waals surface area contributed by atoms with Gasteiger partial charge in [-0.05, 0) is 75.8 Å². The number of benzene rings is 7. The maximum atomic E-state index is 9.81. The first-order chi connectivity index (χ1) is 27.1. The van der Waals surface area contributed by atoms with Crippen molar-refractivity contribution < 1.29 is 4.74 Å². The molecule has 1 aromatic heterocycles. The second-order valence-corrected chi connectivity index (χ2v) is 12.9. The quantitative estimate of drug-likeness (QED) is 0.121. The molecule has 55 heavy (non-hydrogen) atoms. The van der Waals surface area contributed by atoms with E-state index >= 15 is 0 Å². The zero-order valence-corrected chi connectivity index (χ0v) is 29.6.